The molecular weight excluding hydrogens is 233 g/mol. The topological polar surface area (TPSA) is 41.5 Å². The van der Waals surface area contributed by atoms with E-state index in [0.717, 1.165) is 5.56 Å². The number of ether oxygens (including phenoxy) is 1. The van der Waals surface area contributed by atoms with Crippen molar-refractivity contribution in [1.82, 2.24) is 5.32 Å². The van der Waals surface area contributed by atoms with Crippen molar-refractivity contribution < 1.29 is 14.2 Å². The summed E-state index contributed by atoms with van der Waals surface area (Å²) >= 11 is 0. The summed E-state index contributed by atoms with van der Waals surface area (Å²) in [6.45, 7) is 3.94. The van der Waals surface area contributed by atoms with Gasteiger partial charge in [0.2, 0.25) is 0 Å². The Balaban J connectivity index is 2.04. The molecule has 3 nitrogen and oxygen atoms in total. The van der Waals surface area contributed by atoms with Gasteiger partial charge in [-0.2, -0.15) is 0 Å². The summed E-state index contributed by atoms with van der Waals surface area (Å²) in [7, 11) is 0. The van der Waals surface area contributed by atoms with Gasteiger partial charge in [0, 0.05) is 18.2 Å². The van der Waals surface area contributed by atoms with Crippen LogP contribution in [0.1, 0.15) is 32.3 Å². The van der Waals surface area contributed by atoms with Crippen LogP contribution >= 0.6 is 0 Å². The maximum Gasteiger partial charge on any atom is 0.165 e. The fourth-order valence-electron chi connectivity index (χ4n) is 1.64. The number of hydrogen-bond donors (Lipinski definition) is 2. The predicted molar refractivity (Wildman–Crippen MR) is 68.1 cm³/mol. The molecule has 0 aromatic heterocycles. The highest BCUT2D eigenvalue weighted by atomic mass is 19.1. The lowest BCUT2D eigenvalue weighted by Crippen LogP contribution is -2.28. The molecule has 0 aliphatic heterocycles. The van der Waals surface area contributed by atoms with E-state index in [1.807, 2.05) is 6.07 Å². The van der Waals surface area contributed by atoms with E-state index in [4.69, 9.17) is 4.74 Å². The fraction of sp³-hybridized carbons (Fsp3) is 0.571. The Morgan fingerprint density at radius 3 is 2.78 bits per heavy atom. The van der Waals surface area contributed by atoms with Crippen LogP contribution in [-0.4, -0.2) is 23.4 Å². The number of rotatable bonds is 6. The molecule has 0 atom stereocenters. The number of halogens is 1. The lowest BCUT2D eigenvalue weighted by atomic mass is 10.1. The summed E-state index contributed by atoms with van der Waals surface area (Å²) in [5.41, 5.74) is -0.171. The van der Waals surface area contributed by atoms with Crippen LogP contribution < -0.4 is 10.1 Å². The Morgan fingerprint density at radius 1 is 1.44 bits per heavy atom. The second-order valence-electron chi connectivity index (χ2n) is 5.48. The molecule has 1 saturated carbocycles. The zero-order valence-electron chi connectivity index (χ0n) is 10.9. The lowest BCUT2D eigenvalue weighted by molar-refractivity contribution is 0.0268. The highest BCUT2D eigenvalue weighted by molar-refractivity contribution is 5.35. The molecule has 1 aromatic rings. The number of benzene rings is 1. The van der Waals surface area contributed by atoms with Crippen molar-refractivity contribution >= 4 is 0 Å². The van der Waals surface area contributed by atoms with Crippen molar-refractivity contribution in [2.45, 2.75) is 44.9 Å². The van der Waals surface area contributed by atoms with Gasteiger partial charge in [-0.1, -0.05) is 12.1 Å². The van der Waals surface area contributed by atoms with E-state index in [-0.39, 0.29) is 18.2 Å². The van der Waals surface area contributed by atoms with Crippen molar-refractivity contribution in [3.05, 3.63) is 29.6 Å². The van der Waals surface area contributed by atoms with Crippen LogP contribution in [0.2, 0.25) is 0 Å². The van der Waals surface area contributed by atoms with Gasteiger partial charge >= 0.3 is 0 Å². The van der Waals surface area contributed by atoms with Crippen LogP contribution in [0.4, 0.5) is 4.39 Å². The highest BCUT2D eigenvalue weighted by Crippen LogP contribution is 2.25. The molecule has 0 heterocycles. The predicted octanol–water partition coefficient (Wildman–Crippen LogP) is 2.23. The molecule has 1 aliphatic rings. The second-order valence-corrected chi connectivity index (χ2v) is 5.48. The molecule has 4 heteroatoms. The summed E-state index contributed by atoms with van der Waals surface area (Å²) < 4.78 is 19.2. The van der Waals surface area contributed by atoms with Gasteiger partial charge in [-0.3, -0.25) is 0 Å². The Labute approximate surface area is 107 Å². The molecule has 2 rings (SSSR count). The second kappa shape index (κ2) is 5.24. The van der Waals surface area contributed by atoms with E-state index in [2.05, 4.69) is 5.32 Å². The van der Waals surface area contributed by atoms with E-state index >= 15 is 0 Å². The molecule has 100 valence electrons. The average molecular weight is 253 g/mol. The van der Waals surface area contributed by atoms with Gasteiger partial charge in [0.05, 0.1) is 5.60 Å². The molecule has 0 saturated heterocycles. The minimum Gasteiger partial charge on any atom is -0.487 e. The quantitative estimate of drug-likeness (QED) is 0.817. The molecule has 1 fully saturated rings. The first kappa shape index (κ1) is 13.3. The van der Waals surface area contributed by atoms with Crippen molar-refractivity contribution in [1.29, 1.82) is 0 Å². The SMILES string of the molecule is CC(C)(O)COc1c(F)cccc1CNC1CC1. The first-order valence-electron chi connectivity index (χ1n) is 6.32. The fourth-order valence-corrected chi connectivity index (χ4v) is 1.64. The number of para-hydroxylation sites is 1. The van der Waals surface area contributed by atoms with Gasteiger partial charge in [-0.25, -0.2) is 4.39 Å². The van der Waals surface area contributed by atoms with Gasteiger partial charge in [-0.15, -0.1) is 0 Å². The van der Waals surface area contributed by atoms with Crippen LogP contribution in [0.5, 0.6) is 5.75 Å². The van der Waals surface area contributed by atoms with Crippen LogP contribution in [0.25, 0.3) is 0 Å². The highest BCUT2D eigenvalue weighted by Gasteiger charge is 2.22. The number of nitrogens with one attached hydrogen (secondary N) is 1. The van der Waals surface area contributed by atoms with E-state index in [1.54, 1.807) is 19.9 Å². The van der Waals surface area contributed by atoms with Crippen molar-refractivity contribution in [2.75, 3.05) is 6.61 Å². The standard InChI is InChI=1S/C14H20FNO2/c1-14(2,17)9-18-13-10(4-3-5-12(13)15)8-16-11-6-7-11/h3-5,11,16-17H,6-9H2,1-2H3. The third-order valence-corrected chi connectivity index (χ3v) is 2.78. The van der Waals surface area contributed by atoms with Crippen molar-refractivity contribution in [3.63, 3.8) is 0 Å². The van der Waals surface area contributed by atoms with Gasteiger partial charge in [0.25, 0.3) is 0 Å². The molecule has 0 spiro atoms. The largest absolute Gasteiger partial charge is 0.487 e. The van der Waals surface area contributed by atoms with Crippen molar-refractivity contribution in [3.8, 4) is 5.75 Å². The molecule has 2 N–H and O–H groups in total. The van der Waals surface area contributed by atoms with Crippen LogP contribution in [0, 0.1) is 5.82 Å². The molecule has 0 unspecified atom stereocenters. The number of aliphatic hydroxyl groups is 1. The molecular formula is C14H20FNO2. The van der Waals surface area contributed by atoms with E-state index < -0.39 is 5.60 Å². The molecule has 1 aliphatic carbocycles. The van der Waals surface area contributed by atoms with Crippen LogP contribution in [-0.2, 0) is 6.54 Å². The summed E-state index contributed by atoms with van der Waals surface area (Å²) in [5.74, 6) is -0.137. The van der Waals surface area contributed by atoms with Crippen molar-refractivity contribution in [2.24, 2.45) is 0 Å². The average Bonchev–Trinajstić information content (AvgIpc) is 3.07. The monoisotopic (exact) mass is 253 g/mol. The maximum absolute atomic E-state index is 13.7. The van der Waals surface area contributed by atoms with E-state index in [0.29, 0.717) is 12.6 Å². The van der Waals surface area contributed by atoms with E-state index in [1.165, 1.54) is 18.9 Å². The van der Waals surface area contributed by atoms with Gasteiger partial charge < -0.3 is 15.2 Å². The zero-order chi connectivity index (χ0) is 13.2. The summed E-state index contributed by atoms with van der Waals surface area (Å²) in [5, 5.41) is 13.0. The third-order valence-electron chi connectivity index (χ3n) is 2.78. The molecule has 18 heavy (non-hydrogen) atoms. The third kappa shape index (κ3) is 3.96. The minimum atomic E-state index is -0.969. The van der Waals surface area contributed by atoms with Crippen LogP contribution in [0.3, 0.4) is 0 Å². The summed E-state index contributed by atoms with van der Waals surface area (Å²) in [6, 6.07) is 5.46. The van der Waals surface area contributed by atoms with Gasteiger partial charge in [0.1, 0.15) is 6.61 Å². The minimum absolute atomic E-state index is 0.0738. The lowest BCUT2D eigenvalue weighted by Gasteiger charge is -2.20. The maximum atomic E-state index is 13.7. The first-order chi connectivity index (χ1) is 8.46. The Hall–Kier alpha value is -1.13. The molecule has 0 bridgehead atoms. The normalized spacial score (nSPS) is 15.8. The summed E-state index contributed by atoms with van der Waals surface area (Å²) in [6.07, 6.45) is 2.38. The summed E-state index contributed by atoms with van der Waals surface area (Å²) in [4.78, 5) is 0. The Kier molecular flexibility index (Phi) is 3.88. The Morgan fingerprint density at radius 2 is 2.17 bits per heavy atom. The molecule has 0 radical (unpaired) electrons. The molecule has 0 amide bonds. The van der Waals surface area contributed by atoms with Crippen LogP contribution in [0.15, 0.2) is 18.2 Å². The Bertz CT molecular complexity index is 411. The van der Waals surface area contributed by atoms with Gasteiger partial charge in [-0.05, 0) is 32.8 Å². The van der Waals surface area contributed by atoms with Gasteiger partial charge in [0.15, 0.2) is 11.6 Å². The molecule has 1 aromatic carbocycles. The first-order valence-corrected chi connectivity index (χ1v) is 6.32. The number of hydrogen-bond acceptors (Lipinski definition) is 3. The van der Waals surface area contributed by atoms with E-state index in [9.17, 15) is 9.50 Å². The zero-order valence-corrected chi connectivity index (χ0v) is 10.9. The smallest absolute Gasteiger partial charge is 0.165 e.